The summed E-state index contributed by atoms with van der Waals surface area (Å²) in [4.78, 5) is 25.4. The lowest BCUT2D eigenvalue weighted by atomic mass is 9.59. The molecule has 32 heavy (non-hydrogen) atoms. The van der Waals surface area contributed by atoms with Gasteiger partial charge in [-0.3, -0.25) is 9.59 Å². The zero-order valence-electron chi connectivity index (χ0n) is 18.9. The van der Waals surface area contributed by atoms with Crippen molar-refractivity contribution >= 4 is 23.4 Å². The summed E-state index contributed by atoms with van der Waals surface area (Å²) in [6, 6.07) is -0.198. The molecule has 5 rings (SSSR count). The van der Waals surface area contributed by atoms with E-state index in [0.717, 1.165) is 19.4 Å². The minimum absolute atomic E-state index is 0.0272. The van der Waals surface area contributed by atoms with Crippen molar-refractivity contribution in [3.63, 3.8) is 0 Å². The van der Waals surface area contributed by atoms with Gasteiger partial charge in [0, 0.05) is 12.0 Å². The van der Waals surface area contributed by atoms with Crippen LogP contribution < -0.4 is 16.0 Å². The Labute approximate surface area is 194 Å². The molecule has 0 aromatic carbocycles. The predicted molar refractivity (Wildman–Crippen MR) is 119 cm³/mol. The lowest BCUT2D eigenvalue weighted by molar-refractivity contribution is -0.140. The second-order valence-corrected chi connectivity index (χ2v) is 11.2. The van der Waals surface area contributed by atoms with Crippen LogP contribution in [0.1, 0.15) is 71.1 Å². The van der Waals surface area contributed by atoms with Gasteiger partial charge in [0.25, 0.3) is 0 Å². The summed E-state index contributed by atoms with van der Waals surface area (Å²) >= 11 is 5.91. The molecule has 2 amide bonds. The normalized spacial score (nSPS) is 44.1. The van der Waals surface area contributed by atoms with Gasteiger partial charge in [0.1, 0.15) is 12.8 Å². The average Bonchev–Trinajstić information content (AvgIpc) is 2.76. The van der Waals surface area contributed by atoms with Crippen LogP contribution in [0.4, 0.5) is 4.39 Å². The predicted octanol–water partition coefficient (Wildman–Crippen LogP) is 1.94. The third-order valence-electron chi connectivity index (χ3n) is 8.17. The zero-order chi connectivity index (χ0) is 22.9. The minimum atomic E-state index is -1.10. The lowest BCUT2D eigenvalue weighted by Crippen LogP contribution is -2.71. The van der Waals surface area contributed by atoms with Gasteiger partial charge in [0.2, 0.25) is 11.8 Å². The number of fused-ring (bicyclic) bond motifs is 3. The second-order valence-electron chi connectivity index (χ2n) is 10.6. The van der Waals surface area contributed by atoms with Gasteiger partial charge in [-0.1, -0.05) is 6.92 Å². The zero-order valence-corrected chi connectivity index (χ0v) is 19.6. The number of aliphatic hydroxyl groups excluding tert-OH is 1. The van der Waals surface area contributed by atoms with Gasteiger partial charge in [0.15, 0.2) is 0 Å². The lowest BCUT2D eigenvalue weighted by Gasteiger charge is -2.56. The van der Waals surface area contributed by atoms with Crippen molar-refractivity contribution in [1.29, 1.82) is 0 Å². The van der Waals surface area contributed by atoms with Crippen molar-refractivity contribution in [1.82, 2.24) is 16.0 Å². The number of ether oxygens (including phenoxy) is 1. The highest BCUT2D eigenvalue weighted by atomic mass is 35.5. The van der Waals surface area contributed by atoms with Crippen molar-refractivity contribution in [3.05, 3.63) is 0 Å². The number of hydrogen-bond donors (Lipinski definition) is 4. The van der Waals surface area contributed by atoms with E-state index in [0.29, 0.717) is 50.9 Å². The van der Waals surface area contributed by atoms with E-state index < -0.39 is 28.7 Å². The Morgan fingerprint density at radius 2 is 1.91 bits per heavy atom. The molecule has 0 spiro atoms. The minimum Gasteiger partial charge on any atom is -0.391 e. The van der Waals surface area contributed by atoms with E-state index in [-0.39, 0.29) is 37.0 Å². The van der Waals surface area contributed by atoms with Crippen LogP contribution in [0, 0.1) is 5.92 Å². The van der Waals surface area contributed by atoms with E-state index in [1.54, 1.807) is 0 Å². The summed E-state index contributed by atoms with van der Waals surface area (Å²) in [5.74, 6) is 0.314. The molecule has 1 heterocycles. The molecule has 7 nitrogen and oxygen atoms in total. The molecular formula is C23H37ClFN3O4. The molecular weight excluding hydrogens is 437 g/mol. The van der Waals surface area contributed by atoms with Crippen LogP contribution in [0.5, 0.6) is 0 Å². The van der Waals surface area contributed by atoms with Crippen LogP contribution >= 0.6 is 11.6 Å². The monoisotopic (exact) mass is 473 g/mol. The van der Waals surface area contributed by atoms with Gasteiger partial charge in [-0.25, -0.2) is 4.39 Å². The Morgan fingerprint density at radius 1 is 1.16 bits per heavy atom. The summed E-state index contributed by atoms with van der Waals surface area (Å²) in [5.41, 5.74) is -1.08. The summed E-state index contributed by atoms with van der Waals surface area (Å²) in [5, 5.41) is 20.0. The smallest absolute Gasteiger partial charge is 0.246 e. The molecule has 0 aromatic heterocycles. The molecule has 4 saturated carbocycles. The highest BCUT2D eigenvalue weighted by Gasteiger charge is 2.55. The summed E-state index contributed by atoms with van der Waals surface area (Å²) < 4.78 is 19.4. The Hall–Kier alpha value is -0.960. The van der Waals surface area contributed by atoms with E-state index >= 15 is 0 Å². The average molecular weight is 474 g/mol. The number of halogens is 2. The number of carbonyl (C=O) groups is 2. The molecule has 2 bridgehead atoms. The molecule has 9 heteroatoms. The third-order valence-corrected chi connectivity index (χ3v) is 8.66. The van der Waals surface area contributed by atoms with Crippen LogP contribution in [0.2, 0.25) is 0 Å². The number of carbonyl (C=O) groups excluding carboxylic acids is 2. The van der Waals surface area contributed by atoms with Crippen LogP contribution in [0.15, 0.2) is 0 Å². The molecule has 1 saturated heterocycles. The molecule has 0 aromatic rings. The molecule has 4 N–H and O–H groups in total. The van der Waals surface area contributed by atoms with E-state index in [4.69, 9.17) is 16.3 Å². The number of hydrogen-bond acceptors (Lipinski definition) is 5. The highest BCUT2D eigenvalue weighted by molar-refractivity contribution is 6.21. The maximum absolute atomic E-state index is 13.8. The third kappa shape index (κ3) is 5.24. The topological polar surface area (TPSA) is 99.7 Å². The van der Waals surface area contributed by atoms with Crippen molar-refractivity contribution in [2.45, 2.75) is 112 Å². The van der Waals surface area contributed by atoms with Gasteiger partial charge in [-0.2, -0.15) is 0 Å². The first-order valence-electron chi connectivity index (χ1n) is 12.1. The van der Waals surface area contributed by atoms with Crippen molar-refractivity contribution in [2.24, 2.45) is 5.92 Å². The fraction of sp³-hybridized carbons (Fsp3) is 0.913. The van der Waals surface area contributed by atoms with Crippen molar-refractivity contribution < 1.29 is 23.8 Å². The molecule has 5 fully saturated rings. The molecule has 6 atom stereocenters. The number of alkyl halides is 2. The summed E-state index contributed by atoms with van der Waals surface area (Å²) in [6.07, 6.45) is 4.27. The largest absolute Gasteiger partial charge is 0.391 e. The molecule has 0 radical (unpaired) electrons. The van der Waals surface area contributed by atoms with Gasteiger partial charge in [0.05, 0.1) is 29.2 Å². The van der Waals surface area contributed by atoms with Crippen LogP contribution in [-0.2, 0) is 14.3 Å². The number of piperidine rings is 1. The maximum atomic E-state index is 13.8. The molecule has 6 unspecified atom stereocenters. The second kappa shape index (κ2) is 9.72. The standard InChI is InChI=1S/C23H37ClFN3O4/c1-14-2-5-18(26-12-14)21(31)28-23-8-6-22(7-9-23,11-19(23)29)27-20(30)13-32-15-3-4-16(24)17(25)10-15/h14-19,26,29H,2-13H2,1H3,(H,27,30)(H,28,31). The number of nitrogens with one attached hydrogen (secondary N) is 3. The van der Waals surface area contributed by atoms with Gasteiger partial charge in [-0.15, -0.1) is 11.6 Å². The SMILES string of the molecule is CC1CCC(C(=O)NC23CCC(NC(=O)COC4CCC(Cl)C(F)C4)(CC2)CC3O)NC1. The van der Waals surface area contributed by atoms with Crippen LogP contribution in [0.3, 0.4) is 0 Å². The van der Waals surface area contributed by atoms with Gasteiger partial charge in [-0.05, 0) is 70.3 Å². The van der Waals surface area contributed by atoms with Gasteiger partial charge >= 0.3 is 0 Å². The Kier molecular flexibility index (Phi) is 7.35. The Morgan fingerprint density at radius 3 is 2.53 bits per heavy atom. The number of rotatable bonds is 6. The van der Waals surface area contributed by atoms with Crippen LogP contribution in [-0.4, -0.2) is 70.9 Å². The quantitative estimate of drug-likeness (QED) is 0.442. The fourth-order valence-corrected chi connectivity index (χ4v) is 6.17. The van der Waals surface area contributed by atoms with Crippen LogP contribution in [0.25, 0.3) is 0 Å². The molecule has 5 aliphatic rings. The van der Waals surface area contributed by atoms with E-state index in [2.05, 4.69) is 22.9 Å². The van der Waals surface area contributed by atoms with Crippen molar-refractivity contribution in [2.75, 3.05) is 13.2 Å². The van der Waals surface area contributed by atoms with E-state index in [1.807, 2.05) is 0 Å². The van der Waals surface area contributed by atoms with E-state index in [9.17, 15) is 19.1 Å². The first kappa shape index (κ1) is 24.2. The summed E-state index contributed by atoms with van der Waals surface area (Å²) in [6.45, 7) is 2.90. The molecule has 1 aliphatic heterocycles. The highest BCUT2D eigenvalue weighted by Crippen LogP contribution is 2.47. The Bertz CT molecular complexity index is 695. The fourth-order valence-electron chi connectivity index (χ4n) is 5.94. The Balaban J connectivity index is 1.26. The first-order chi connectivity index (χ1) is 15.2. The summed E-state index contributed by atoms with van der Waals surface area (Å²) in [7, 11) is 0. The number of aliphatic hydroxyl groups is 1. The first-order valence-corrected chi connectivity index (χ1v) is 12.6. The number of amides is 2. The van der Waals surface area contributed by atoms with E-state index in [1.165, 1.54) is 0 Å². The maximum Gasteiger partial charge on any atom is 0.246 e. The van der Waals surface area contributed by atoms with Crippen molar-refractivity contribution in [3.8, 4) is 0 Å². The molecule has 182 valence electrons. The van der Waals surface area contributed by atoms with Gasteiger partial charge < -0.3 is 25.8 Å². The molecule has 4 aliphatic carbocycles.